The molecule has 0 amide bonds. The van der Waals surface area contributed by atoms with E-state index in [1.165, 1.54) is 7.11 Å². The molecule has 0 aliphatic carbocycles. The zero-order valence-electron chi connectivity index (χ0n) is 19.3. The Balaban J connectivity index is 1.66. The molecule has 2 heterocycles. The fourth-order valence-electron chi connectivity index (χ4n) is 4.53. The number of benzene rings is 3. The van der Waals surface area contributed by atoms with Crippen LogP contribution in [0.3, 0.4) is 0 Å². The van der Waals surface area contributed by atoms with E-state index in [0.717, 1.165) is 38.6 Å². The number of pyridine rings is 1. The number of nitrogens with two attached hydrogens (primary N) is 1. The molecule has 3 N–H and O–H groups in total. The summed E-state index contributed by atoms with van der Waals surface area (Å²) in [6.07, 6.45) is 2.60. The highest BCUT2D eigenvalue weighted by molar-refractivity contribution is 6.31. The lowest BCUT2D eigenvalue weighted by molar-refractivity contribution is 0.0600. The molecular weight excluding hydrogens is 462 g/mol. The molecule has 7 heteroatoms. The van der Waals surface area contributed by atoms with E-state index in [4.69, 9.17) is 31.8 Å². The van der Waals surface area contributed by atoms with Crippen LogP contribution in [-0.4, -0.2) is 30.2 Å². The van der Waals surface area contributed by atoms with Gasteiger partial charge in [-0.3, -0.25) is 4.98 Å². The van der Waals surface area contributed by atoms with Gasteiger partial charge in [0.05, 0.1) is 25.3 Å². The van der Waals surface area contributed by atoms with Crippen LogP contribution in [0.25, 0.3) is 21.8 Å². The SMILES string of the molecule is COC(=O)c1ccc(C(Cc2ccc3ccc(Cl)cc3n2)c2c[nH]c3ccc(N)cc23)c(OC)c1. The number of rotatable bonds is 6. The first kappa shape index (κ1) is 22.7. The molecule has 176 valence electrons. The first-order valence-electron chi connectivity index (χ1n) is 11.1. The third-order valence-electron chi connectivity index (χ3n) is 6.27. The lowest BCUT2D eigenvalue weighted by atomic mass is 9.85. The summed E-state index contributed by atoms with van der Waals surface area (Å²) in [5.74, 6) is 0.0515. The van der Waals surface area contributed by atoms with E-state index in [2.05, 4.69) is 11.1 Å². The van der Waals surface area contributed by atoms with Gasteiger partial charge in [0, 0.05) is 56.8 Å². The van der Waals surface area contributed by atoms with Gasteiger partial charge in [-0.05, 0) is 54.1 Å². The number of hydrogen-bond donors (Lipinski definition) is 2. The molecule has 0 aliphatic heterocycles. The summed E-state index contributed by atoms with van der Waals surface area (Å²) in [6.45, 7) is 0. The Morgan fingerprint density at radius 1 is 1.03 bits per heavy atom. The maximum Gasteiger partial charge on any atom is 0.337 e. The van der Waals surface area contributed by atoms with Crippen molar-refractivity contribution < 1.29 is 14.3 Å². The quantitative estimate of drug-likeness (QED) is 0.223. The second-order valence-electron chi connectivity index (χ2n) is 8.39. The minimum Gasteiger partial charge on any atom is -0.496 e. The minimum atomic E-state index is -0.417. The highest BCUT2D eigenvalue weighted by Gasteiger charge is 2.24. The molecular formula is C28H24ClN3O3. The highest BCUT2D eigenvalue weighted by atomic mass is 35.5. The van der Waals surface area contributed by atoms with Gasteiger partial charge in [0.15, 0.2) is 0 Å². The van der Waals surface area contributed by atoms with Crippen LogP contribution in [-0.2, 0) is 11.2 Å². The Hall–Kier alpha value is -4.03. The number of methoxy groups -OCH3 is 2. The minimum absolute atomic E-state index is 0.128. The van der Waals surface area contributed by atoms with Crippen LogP contribution in [0.1, 0.15) is 33.1 Å². The Morgan fingerprint density at radius 3 is 2.66 bits per heavy atom. The number of nitrogens with zero attached hydrogens (tertiary/aromatic N) is 1. The number of hydrogen-bond acceptors (Lipinski definition) is 5. The standard InChI is InChI=1S/C28H24ClN3O3/c1-34-27-11-17(28(33)35-2)5-9-21(27)22(24-15-31-25-10-7-19(30)13-23(24)25)14-20-8-4-16-3-6-18(29)12-26(16)32-20/h3-13,15,22,31H,14,30H2,1-2H3. The van der Waals surface area contributed by atoms with E-state index in [1.54, 1.807) is 19.2 Å². The number of aromatic amines is 1. The highest BCUT2D eigenvalue weighted by Crippen LogP contribution is 2.39. The predicted octanol–water partition coefficient (Wildman–Crippen LogP) is 6.12. The maximum absolute atomic E-state index is 12.1. The van der Waals surface area contributed by atoms with Gasteiger partial charge in [0.25, 0.3) is 0 Å². The van der Waals surface area contributed by atoms with Crippen LogP contribution in [0.15, 0.2) is 72.9 Å². The van der Waals surface area contributed by atoms with Crippen molar-refractivity contribution in [2.45, 2.75) is 12.3 Å². The zero-order valence-corrected chi connectivity index (χ0v) is 20.1. The fraction of sp³-hybridized carbons (Fsp3) is 0.143. The summed E-state index contributed by atoms with van der Waals surface area (Å²) in [7, 11) is 2.96. The first-order valence-corrected chi connectivity index (χ1v) is 11.5. The van der Waals surface area contributed by atoms with Crippen molar-refractivity contribution in [1.29, 1.82) is 0 Å². The van der Waals surface area contributed by atoms with Crippen LogP contribution in [0.5, 0.6) is 5.75 Å². The van der Waals surface area contributed by atoms with Crippen LogP contribution >= 0.6 is 11.6 Å². The van der Waals surface area contributed by atoms with Gasteiger partial charge < -0.3 is 20.2 Å². The number of carbonyl (C=O) groups is 1. The average Bonchev–Trinajstić information content (AvgIpc) is 3.29. The Kier molecular flexibility index (Phi) is 6.05. The molecule has 0 saturated carbocycles. The van der Waals surface area contributed by atoms with Crippen molar-refractivity contribution in [3.05, 3.63) is 100 Å². The monoisotopic (exact) mass is 485 g/mol. The van der Waals surface area contributed by atoms with Crippen LogP contribution in [0.2, 0.25) is 5.02 Å². The van der Waals surface area contributed by atoms with E-state index in [1.807, 2.05) is 54.7 Å². The molecule has 5 aromatic rings. The fourth-order valence-corrected chi connectivity index (χ4v) is 4.70. The largest absolute Gasteiger partial charge is 0.496 e. The summed E-state index contributed by atoms with van der Waals surface area (Å²) >= 11 is 6.22. The van der Waals surface area contributed by atoms with Crippen molar-refractivity contribution in [3.63, 3.8) is 0 Å². The molecule has 0 spiro atoms. The van der Waals surface area contributed by atoms with Crippen molar-refractivity contribution in [1.82, 2.24) is 9.97 Å². The number of nitrogen functional groups attached to an aromatic ring is 1. The second-order valence-corrected chi connectivity index (χ2v) is 8.83. The van der Waals surface area contributed by atoms with Gasteiger partial charge in [-0.25, -0.2) is 4.79 Å². The van der Waals surface area contributed by atoms with Gasteiger partial charge in [-0.15, -0.1) is 0 Å². The van der Waals surface area contributed by atoms with Gasteiger partial charge in [0.1, 0.15) is 5.75 Å². The van der Waals surface area contributed by atoms with Crippen LogP contribution < -0.4 is 10.5 Å². The zero-order chi connectivity index (χ0) is 24.5. The summed E-state index contributed by atoms with van der Waals surface area (Å²) in [5.41, 5.74) is 12.0. The summed E-state index contributed by atoms with van der Waals surface area (Å²) < 4.78 is 10.6. The number of ether oxygens (including phenoxy) is 2. The molecule has 0 radical (unpaired) electrons. The normalized spacial score (nSPS) is 12.1. The van der Waals surface area contributed by atoms with Gasteiger partial charge in [-0.1, -0.05) is 29.8 Å². The summed E-state index contributed by atoms with van der Waals surface area (Å²) in [5, 5.41) is 2.69. The first-order chi connectivity index (χ1) is 17.0. The molecule has 1 unspecified atom stereocenters. The number of H-pyrrole nitrogens is 1. The Morgan fingerprint density at radius 2 is 1.86 bits per heavy atom. The molecule has 0 bridgehead atoms. The van der Waals surface area contributed by atoms with Gasteiger partial charge in [0.2, 0.25) is 0 Å². The van der Waals surface area contributed by atoms with Crippen molar-refractivity contribution >= 4 is 45.1 Å². The van der Waals surface area contributed by atoms with Crippen LogP contribution in [0.4, 0.5) is 5.69 Å². The number of nitrogens with one attached hydrogen (secondary N) is 1. The molecule has 2 aromatic heterocycles. The molecule has 35 heavy (non-hydrogen) atoms. The van der Waals surface area contributed by atoms with Crippen LogP contribution in [0, 0.1) is 0 Å². The van der Waals surface area contributed by atoms with E-state index in [-0.39, 0.29) is 5.92 Å². The molecule has 0 fully saturated rings. The van der Waals surface area contributed by atoms with E-state index in [0.29, 0.717) is 28.4 Å². The Labute approximate surface area is 207 Å². The molecule has 0 aliphatic rings. The van der Waals surface area contributed by atoms with E-state index >= 15 is 0 Å². The number of aromatic nitrogens is 2. The molecule has 0 saturated heterocycles. The number of halogens is 1. The summed E-state index contributed by atoms with van der Waals surface area (Å²) in [6, 6.07) is 21.0. The van der Waals surface area contributed by atoms with Gasteiger partial charge in [-0.2, -0.15) is 0 Å². The third kappa shape index (κ3) is 4.40. The topological polar surface area (TPSA) is 90.2 Å². The molecule has 6 nitrogen and oxygen atoms in total. The molecule has 5 rings (SSSR count). The number of anilines is 1. The number of esters is 1. The lowest BCUT2D eigenvalue weighted by Crippen LogP contribution is -2.10. The number of fused-ring (bicyclic) bond motifs is 2. The van der Waals surface area contributed by atoms with Crippen molar-refractivity contribution in [2.75, 3.05) is 20.0 Å². The van der Waals surface area contributed by atoms with Crippen molar-refractivity contribution in [3.8, 4) is 5.75 Å². The predicted molar refractivity (Wildman–Crippen MR) is 139 cm³/mol. The molecule has 1 atom stereocenters. The smallest absolute Gasteiger partial charge is 0.337 e. The number of carbonyl (C=O) groups excluding carboxylic acids is 1. The van der Waals surface area contributed by atoms with E-state index < -0.39 is 5.97 Å². The van der Waals surface area contributed by atoms with Gasteiger partial charge >= 0.3 is 5.97 Å². The summed E-state index contributed by atoms with van der Waals surface area (Å²) in [4.78, 5) is 20.4. The van der Waals surface area contributed by atoms with E-state index in [9.17, 15) is 4.79 Å². The van der Waals surface area contributed by atoms with Crippen molar-refractivity contribution in [2.24, 2.45) is 0 Å². The Bertz CT molecular complexity index is 1560. The second kappa shape index (κ2) is 9.31. The molecule has 3 aromatic carbocycles. The third-order valence-corrected chi connectivity index (χ3v) is 6.50. The average molecular weight is 486 g/mol. The lowest BCUT2D eigenvalue weighted by Gasteiger charge is -2.21. The maximum atomic E-state index is 12.1.